The average Bonchev–Trinajstić information content (AvgIpc) is 2.57. The lowest BCUT2D eigenvalue weighted by molar-refractivity contribution is -0.385. The fourth-order valence-corrected chi connectivity index (χ4v) is 3.30. The summed E-state index contributed by atoms with van der Waals surface area (Å²) in [5, 5.41) is 14.0. The zero-order valence-corrected chi connectivity index (χ0v) is 15.7. The monoisotopic (exact) mass is 387 g/mol. The highest BCUT2D eigenvalue weighted by molar-refractivity contribution is 5.43. The van der Waals surface area contributed by atoms with Gasteiger partial charge in [-0.3, -0.25) is 15.0 Å². The van der Waals surface area contributed by atoms with Crippen LogP contribution in [0.1, 0.15) is 32.3 Å². The Morgan fingerprint density at radius 3 is 2.67 bits per heavy atom. The summed E-state index contributed by atoms with van der Waals surface area (Å²) in [4.78, 5) is 12.7. The minimum Gasteiger partial charge on any atom is -0.434 e. The first-order valence-electron chi connectivity index (χ1n) is 9.15. The van der Waals surface area contributed by atoms with E-state index in [4.69, 9.17) is 4.74 Å². The molecule has 0 amide bonds. The predicted molar refractivity (Wildman–Crippen MR) is 97.1 cm³/mol. The summed E-state index contributed by atoms with van der Waals surface area (Å²) in [6.45, 7) is 4.94. The summed E-state index contributed by atoms with van der Waals surface area (Å²) < 4.78 is 35.1. The molecule has 2 rings (SSSR count). The van der Waals surface area contributed by atoms with Crippen LogP contribution in [0.15, 0.2) is 18.2 Å². The van der Waals surface area contributed by atoms with Gasteiger partial charge in [0.15, 0.2) is 0 Å². The Kier molecular flexibility index (Phi) is 8.33. The fraction of sp³-hybridized carbons (Fsp3) is 0.667. The van der Waals surface area contributed by atoms with Gasteiger partial charge in [-0.15, -0.1) is 0 Å². The summed E-state index contributed by atoms with van der Waals surface area (Å²) in [6.07, 6.45) is 2.41. The molecule has 1 aliphatic heterocycles. The molecule has 9 heteroatoms. The summed E-state index contributed by atoms with van der Waals surface area (Å²) in [5.41, 5.74) is 0.198. The van der Waals surface area contributed by atoms with Gasteiger partial charge in [-0.25, -0.2) is 0 Å². The second-order valence-electron chi connectivity index (χ2n) is 6.83. The lowest BCUT2D eigenvalue weighted by Crippen LogP contribution is -2.45. The van der Waals surface area contributed by atoms with E-state index in [9.17, 15) is 18.9 Å². The Balaban J connectivity index is 1.75. The van der Waals surface area contributed by atoms with Gasteiger partial charge in [-0.2, -0.15) is 8.78 Å². The van der Waals surface area contributed by atoms with Crippen molar-refractivity contribution in [2.45, 2.75) is 52.1 Å². The molecule has 0 spiro atoms. The van der Waals surface area contributed by atoms with E-state index >= 15 is 0 Å². The number of unbranched alkanes of at least 4 members (excludes halogenated alkanes) is 1. The van der Waals surface area contributed by atoms with E-state index in [0.717, 1.165) is 38.5 Å². The van der Waals surface area contributed by atoms with Crippen LogP contribution in [-0.2, 0) is 11.3 Å². The van der Waals surface area contributed by atoms with Gasteiger partial charge in [0, 0.05) is 37.3 Å². The normalized spacial score (nSPS) is 20.8. The van der Waals surface area contributed by atoms with E-state index in [0.29, 0.717) is 12.1 Å². The Labute approximate surface area is 157 Å². The van der Waals surface area contributed by atoms with Crippen LogP contribution in [0.2, 0.25) is 0 Å². The molecule has 2 unspecified atom stereocenters. The van der Waals surface area contributed by atoms with Gasteiger partial charge in [0.05, 0.1) is 17.1 Å². The number of hydrogen-bond donors (Lipinski definition) is 1. The zero-order chi connectivity index (χ0) is 19.8. The van der Waals surface area contributed by atoms with Gasteiger partial charge in [-0.1, -0.05) is 0 Å². The van der Waals surface area contributed by atoms with Crippen LogP contribution in [0, 0.1) is 10.1 Å². The molecule has 1 N–H and O–H groups in total. The second kappa shape index (κ2) is 10.5. The van der Waals surface area contributed by atoms with Gasteiger partial charge < -0.3 is 14.8 Å². The Morgan fingerprint density at radius 2 is 2.04 bits per heavy atom. The predicted octanol–water partition coefficient (Wildman–Crippen LogP) is 3.18. The molecular formula is C18H27F2N3O4. The van der Waals surface area contributed by atoms with Crippen LogP contribution in [0.5, 0.6) is 5.75 Å². The summed E-state index contributed by atoms with van der Waals surface area (Å²) in [5.74, 6) is -0.0422. The zero-order valence-electron chi connectivity index (χ0n) is 15.7. The number of nitro benzene ring substituents is 1. The molecule has 7 nitrogen and oxygen atoms in total. The number of benzene rings is 1. The molecular weight excluding hydrogens is 360 g/mol. The molecule has 0 aromatic heterocycles. The number of nitro groups is 1. The fourth-order valence-electron chi connectivity index (χ4n) is 3.30. The van der Waals surface area contributed by atoms with Crippen molar-refractivity contribution in [3.05, 3.63) is 33.9 Å². The number of halogens is 2. The average molecular weight is 387 g/mol. The van der Waals surface area contributed by atoms with Gasteiger partial charge in [0.2, 0.25) is 0 Å². The van der Waals surface area contributed by atoms with Gasteiger partial charge >= 0.3 is 6.61 Å². The maximum absolute atomic E-state index is 12.5. The highest BCUT2D eigenvalue weighted by Gasteiger charge is 2.21. The highest BCUT2D eigenvalue weighted by atomic mass is 19.3. The molecule has 1 saturated heterocycles. The maximum atomic E-state index is 12.5. The van der Waals surface area contributed by atoms with Crippen LogP contribution < -0.4 is 10.1 Å². The van der Waals surface area contributed by atoms with Crippen molar-refractivity contribution in [3.63, 3.8) is 0 Å². The van der Waals surface area contributed by atoms with E-state index in [1.807, 2.05) is 0 Å². The lowest BCUT2D eigenvalue weighted by Gasteiger charge is -2.35. The third-order valence-electron chi connectivity index (χ3n) is 4.36. The maximum Gasteiger partial charge on any atom is 0.387 e. The molecule has 1 fully saturated rings. The highest BCUT2D eigenvalue weighted by Crippen LogP contribution is 2.25. The van der Waals surface area contributed by atoms with Crippen molar-refractivity contribution in [2.75, 3.05) is 26.2 Å². The SMILES string of the molecule is CC1CN(CCCCNCc2cc([N+](=O)[O-])ccc2OC(F)F)CC(C)O1. The minimum atomic E-state index is -2.97. The first kappa shape index (κ1) is 21.5. The number of ether oxygens (including phenoxy) is 2. The second-order valence-corrected chi connectivity index (χ2v) is 6.83. The largest absolute Gasteiger partial charge is 0.434 e. The van der Waals surface area contributed by atoms with Crippen molar-refractivity contribution in [3.8, 4) is 5.75 Å². The molecule has 0 saturated carbocycles. The third kappa shape index (κ3) is 7.36. The number of nitrogens with one attached hydrogen (secondary N) is 1. The van der Waals surface area contributed by atoms with E-state index in [1.165, 1.54) is 12.1 Å². The smallest absolute Gasteiger partial charge is 0.387 e. The van der Waals surface area contributed by atoms with Crippen LogP contribution in [0.4, 0.5) is 14.5 Å². The molecule has 1 heterocycles. The molecule has 27 heavy (non-hydrogen) atoms. The van der Waals surface area contributed by atoms with Crippen LogP contribution in [0.25, 0.3) is 0 Å². The van der Waals surface area contributed by atoms with Gasteiger partial charge in [-0.05, 0) is 45.8 Å². The number of non-ortho nitro benzene ring substituents is 1. The molecule has 0 aliphatic carbocycles. The van der Waals surface area contributed by atoms with E-state index < -0.39 is 11.5 Å². The summed E-state index contributed by atoms with van der Waals surface area (Å²) >= 11 is 0. The molecule has 1 aromatic carbocycles. The van der Waals surface area contributed by atoms with Crippen LogP contribution in [0.3, 0.4) is 0 Å². The lowest BCUT2D eigenvalue weighted by atomic mass is 10.1. The Bertz CT molecular complexity index is 608. The van der Waals surface area contributed by atoms with Crippen LogP contribution >= 0.6 is 0 Å². The van der Waals surface area contributed by atoms with E-state index in [2.05, 4.69) is 28.8 Å². The van der Waals surface area contributed by atoms with Crippen molar-refractivity contribution < 1.29 is 23.2 Å². The van der Waals surface area contributed by atoms with Gasteiger partial charge in [0.1, 0.15) is 5.75 Å². The first-order chi connectivity index (χ1) is 12.8. The third-order valence-corrected chi connectivity index (χ3v) is 4.36. The summed E-state index contributed by atoms with van der Waals surface area (Å²) in [7, 11) is 0. The molecule has 1 aromatic rings. The molecule has 0 radical (unpaired) electrons. The Morgan fingerprint density at radius 1 is 1.33 bits per heavy atom. The minimum absolute atomic E-state index is 0.0422. The number of alkyl halides is 2. The molecule has 152 valence electrons. The number of rotatable bonds is 10. The quantitative estimate of drug-likeness (QED) is 0.378. The molecule has 0 bridgehead atoms. The standard InChI is InChI=1S/C18H27F2N3O4/c1-13-11-22(12-14(2)26-13)8-4-3-7-21-10-15-9-16(23(24)25)5-6-17(15)27-18(19)20/h5-6,9,13-14,18,21H,3-4,7-8,10-12H2,1-2H3. The summed E-state index contributed by atoms with van der Waals surface area (Å²) in [6, 6.07) is 3.63. The van der Waals surface area contributed by atoms with Crippen molar-refractivity contribution in [1.82, 2.24) is 10.2 Å². The molecule has 2 atom stereocenters. The number of nitrogens with zero attached hydrogens (tertiary/aromatic N) is 2. The molecule has 1 aliphatic rings. The topological polar surface area (TPSA) is 76.9 Å². The first-order valence-corrected chi connectivity index (χ1v) is 9.15. The van der Waals surface area contributed by atoms with Crippen molar-refractivity contribution in [2.24, 2.45) is 0 Å². The van der Waals surface area contributed by atoms with Gasteiger partial charge in [0.25, 0.3) is 5.69 Å². The number of hydrogen-bond acceptors (Lipinski definition) is 6. The van der Waals surface area contributed by atoms with Crippen LogP contribution in [-0.4, -0.2) is 54.8 Å². The van der Waals surface area contributed by atoms with E-state index in [1.54, 1.807) is 0 Å². The van der Waals surface area contributed by atoms with Crippen molar-refractivity contribution >= 4 is 5.69 Å². The van der Waals surface area contributed by atoms with E-state index in [-0.39, 0.29) is 30.2 Å². The number of morpholine rings is 1. The Hall–Kier alpha value is -1.84. The van der Waals surface area contributed by atoms with Crippen molar-refractivity contribution in [1.29, 1.82) is 0 Å².